The van der Waals surface area contributed by atoms with Gasteiger partial charge in [0.1, 0.15) is 12.1 Å². The topological polar surface area (TPSA) is 171 Å². The van der Waals surface area contributed by atoms with E-state index in [-0.39, 0.29) is 12.3 Å². The van der Waals surface area contributed by atoms with Crippen molar-refractivity contribution in [3.63, 3.8) is 0 Å². The molecule has 10 heteroatoms. The van der Waals surface area contributed by atoms with E-state index < -0.39 is 54.0 Å². The number of carbonyl (C=O) groups excluding carboxylic acids is 3. The number of aliphatic carboxylic acids is 1. The highest BCUT2D eigenvalue weighted by atomic mass is 16.4. The van der Waals surface area contributed by atoms with E-state index in [4.69, 9.17) is 10.8 Å². The van der Waals surface area contributed by atoms with E-state index in [2.05, 4.69) is 16.0 Å². The van der Waals surface area contributed by atoms with Crippen LogP contribution in [0.25, 0.3) is 0 Å². The molecule has 10 nitrogen and oxygen atoms in total. The van der Waals surface area contributed by atoms with Gasteiger partial charge in [0, 0.05) is 6.42 Å². The molecule has 0 aliphatic carbocycles. The fraction of sp³-hybridized carbons (Fsp3) is 0.545. The summed E-state index contributed by atoms with van der Waals surface area (Å²) in [5.74, 6) is -3.38. The molecule has 0 bridgehead atoms. The van der Waals surface area contributed by atoms with Gasteiger partial charge in [-0.15, -0.1) is 0 Å². The molecule has 6 unspecified atom stereocenters. The van der Waals surface area contributed by atoms with Gasteiger partial charge >= 0.3 is 5.97 Å². The van der Waals surface area contributed by atoms with Gasteiger partial charge in [0.15, 0.2) is 6.04 Å². The number of nitrogens with two attached hydrogens (primary N) is 1. The largest absolute Gasteiger partial charge is 0.480 e. The maximum Gasteiger partial charge on any atom is 0.328 e. The van der Waals surface area contributed by atoms with Crippen LogP contribution in [-0.4, -0.2) is 64.2 Å². The zero-order valence-electron chi connectivity index (χ0n) is 18.9. The van der Waals surface area contributed by atoms with E-state index in [0.29, 0.717) is 6.42 Å². The Kier molecular flexibility index (Phi) is 10.8. The molecule has 0 aliphatic rings. The minimum atomic E-state index is -1.52. The van der Waals surface area contributed by atoms with Crippen molar-refractivity contribution < 1.29 is 29.4 Å². The van der Waals surface area contributed by atoms with Crippen LogP contribution >= 0.6 is 0 Å². The van der Waals surface area contributed by atoms with Crippen LogP contribution < -0.4 is 21.7 Å². The second-order valence-electron chi connectivity index (χ2n) is 7.96. The summed E-state index contributed by atoms with van der Waals surface area (Å²) in [6, 6.07) is 4.61. The first-order valence-electron chi connectivity index (χ1n) is 10.6. The van der Waals surface area contributed by atoms with Crippen molar-refractivity contribution in [2.24, 2.45) is 11.7 Å². The number of aliphatic hydroxyl groups is 1. The Morgan fingerprint density at radius 1 is 0.938 bits per heavy atom. The molecule has 6 atom stereocenters. The van der Waals surface area contributed by atoms with Gasteiger partial charge in [0.2, 0.25) is 17.7 Å². The minimum Gasteiger partial charge on any atom is -0.480 e. The summed E-state index contributed by atoms with van der Waals surface area (Å²) >= 11 is 0. The third kappa shape index (κ3) is 8.27. The van der Waals surface area contributed by atoms with Gasteiger partial charge in [0.25, 0.3) is 0 Å². The minimum absolute atomic E-state index is 0.0893. The van der Waals surface area contributed by atoms with Gasteiger partial charge in [-0.25, -0.2) is 4.79 Å². The Labute approximate surface area is 187 Å². The summed E-state index contributed by atoms with van der Waals surface area (Å²) in [6.07, 6.45) is -0.465. The average Bonchev–Trinajstić information content (AvgIpc) is 2.75. The second kappa shape index (κ2) is 12.8. The average molecular weight is 451 g/mol. The Hall–Kier alpha value is -2.98. The molecule has 1 aromatic rings. The highest BCUT2D eigenvalue weighted by Gasteiger charge is 2.30. The number of benzene rings is 1. The number of carbonyl (C=O) groups is 4. The monoisotopic (exact) mass is 450 g/mol. The highest BCUT2D eigenvalue weighted by Crippen LogP contribution is 2.08. The molecule has 0 saturated heterocycles. The SMILES string of the molecule is CCC(C)C(N)C(=O)NC(Cc1ccccc1)C(=O)NC(C)C(=O)NC(C(=O)O)C(C)O. The lowest BCUT2D eigenvalue weighted by Gasteiger charge is -2.25. The number of amides is 3. The number of carboxylic acids is 1. The molecule has 0 heterocycles. The zero-order valence-corrected chi connectivity index (χ0v) is 18.9. The Bertz CT molecular complexity index is 786. The van der Waals surface area contributed by atoms with E-state index in [1.807, 2.05) is 19.9 Å². The normalized spacial score (nSPS) is 16.6. The van der Waals surface area contributed by atoms with Gasteiger partial charge in [0.05, 0.1) is 12.1 Å². The lowest BCUT2D eigenvalue weighted by Crippen LogP contribution is -2.58. The maximum atomic E-state index is 12.9. The smallest absolute Gasteiger partial charge is 0.328 e. The van der Waals surface area contributed by atoms with Crippen LogP contribution in [0.3, 0.4) is 0 Å². The van der Waals surface area contributed by atoms with Crippen LogP contribution in [0.15, 0.2) is 30.3 Å². The van der Waals surface area contributed by atoms with E-state index in [1.54, 1.807) is 24.3 Å². The predicted molar refractivity (Wildman–Crippen MR) is 118 cm³/mol. The molecule has 1 aromatic carbocycles. The van der Waals surface area contributed by atoms with E-state index in [1.165, 1.54) is 13.8 Å². The summed E-state index contributed by atoms with van der Waals surface area (Å²) < 4.78 is 0. The van der Waals surface area contributed by atoms with Crippen molar-refractivity contribution >= 4 is 23.7 Å². The van der Waals surface area contributed by atoms with Gasteiger partial charge in [-0.3, -0.25) is 14.4 Å². The number of aliphatic hydroxyl groups excluding tert-OH is 1. The van der Waals surface area contributed by atoms with Crippen molar-refractivity contribution in [2.75, 3.05) is 0 Å². The molecule has 0 aromatic heterocycles. The molecule has 32 heavy (non-hydrogen) atoms. The van der Waals surface area contributed by atoms with Gasteiger partial charge in [-0.05, 0) is 25.3 Å². The third-order valence-corrected chi connectivity index (χ3v) is 5.27. The Morgan fingerprint density at radius 3 is 2.03 bits per heavy atom. The zero-order chi connectivity index (χ0) is 24.4. The molecular formula is C22H34N4O6. The van der Waals surface area contributed by atoms with Crippen molar-refractivity contribution in [3.05, 3.63) is 35.9 Å². The van der Waals surface area contributed by atoms with Crippen LogP contribution in [-0.2, 0) is 25.6 Å². The first-order chi connectivity index (χ1) is 15.0. The lowest BCUT2D eigenvalue weighted by atomic mass is 9.98. The molecule has 0 fully saturated rings. The third-order valence-electron chi connectivity index (χ3n) is 5.27. The molecule has 0 radical (unpaired) electrons. The fourth-order valence-electron chi connectivity index (χ4n) is 2.89. The van der Waals surface area contributed by atoms with E-state index in [0.717, 1.165) is 5.56 Å². The molecule has 178 valence electrons. The van der Waals surface area contributed by atoms with Crippen molar-refractivity contribution in [2.45, 2.75) is 70.8 Å². The van der Waals surface area contributed by atoms with Crippen molar-refractivity contribution in [1.82, 2.24) is 16.0 Å². The van der Waals surface area contributed by atoms with Crippen LogP contribution in [0.4, 0.5) is 0 Å². The van der Waals surface area contributed by atoms with Crippen LogP contribution in [0, 0.1) is 5.92 Å². The standard InChI is InChI=1S/C22H34N4O6/c1-5-12(2)17(23)21(30)25-16(11-15-9-7-6-8-10-15)20(29)24-13(3)19(28)26-18(14(4)27)22(31)32/h6-10,12-14,16-18,27H,5,11,23H2,1-4H3,(H,24,29)(H,25,30)(H,26,28)(H,31,32). The second-order valence-corrected chi connectivity index (χ2v) is 7.96. The van der Waals surface area contributed by atoms with E-state index in [9.17, 15) is 24.3 Å². The molecule has 3 amide bonds. The number of hydrogen-bond donors (Lipinski definition) is 6. The molecule has 0 aliphatic heterocycles. The Morgan fingerprint density at radius 2 is 1.53 bits per heavy atom. The molecular weight excluding hydrogens is 416 g/mol. The predicted octanol–water partition coefficient (Wildman–Crippen LogP) is -0.458. The summed E-state index contributed by atoms with van der Waals surface area (Å²) in [4.78, 5) is 49.0. The molecule has 0 spiro atoms. The number of hydrogen-bond acceptors (Lipinski definition) is 6. The maximum absolute atomic E-state index is 12.9. The highest BCUT2D eigenvalue weighted by molar-refractivity contribution is 5.94. The number of nitrogens with one attached hydrogen (secondary N) is 3. The summed E-state index contributed by atoms with van der Waals surface area (Å²) in [6.45, 7) is 6.35. The number of carboxylic acid groups (broad SMARTS) is 1. The molecule has 1 rings (SSSR count). The summed E-state index contributed by atoms with van der Waals surface area (Å²) in [7, 11) is 0. The lowest BCUT2D eigenvalue weighted by molar-refractivity contribution is -0.145. The van der Waals surface area contributed by atoms with Crippen molar-refractivity contribution in [1.29, 1.82) is 0 Å². The summed E-state index contributed by atoms with van der Waals surface area (Å²) in [5.41, 5.74) is 6.78. The van der Waals surface area contributed by atoms with E-state index >= 15 is 0 Å². The van der Waals surface area contributed by atoms with Gasteiger partial charge in [-0.1, -0.05) is 50.6 Å². The van der Waals surface area contributed by atoms with Gasteiger partial charge in [-0.2, -0.15) is 0 Å². The van der Waals surface area contributed by atoms with Crippen molar-refractivity contribution in [3.8, 4) is 0 Å². The molecule has 0 saturated carbocycles. The quantitative estimate of drug-likeness (QED) is 0.250. The Balaban J connectivity index is 2.93. The molecule has 7 N–H and O–H groups in total. The first kappa shape index (κ1) is 27.1. The first-order valence-corrected chi connectivity index (χ1v) is 10.6. The fourth-order valence-corrected chi connectivity index (χ4v) is 2.89. The van der Waals surface area contributed by atoms with Gasteiger partial charge < -0.3 is 31.9 Å². The summed E-state index contributed by atoms with van der Waals surface area (Å²) in [5, 5.41) is 26.0. The van der Waals surface area contributed by atoms with Crippen LogP contribution in [0.1, 0.15) is 39.7 Å². The number of rotatable bonds is 12. The van der Waals surface area contributed by atoms with Crippen LogP contribution in [0.5, 0.6) is 0 Å². The van der Waals surface area contributed by atoms with Crippen LogP contribution in [0.2, 0.25) is 0 Å².